The number of aromatic amines is 2. The molecular weight excluding hydrogens is 596 g/mol. The fourth-order valence-electron chi connectivity index (χ4n) is 5.14. The Morgan fingerprint density at radius 2 is 1.17 bits per heavy atom. The predicted molar refractivity (Wildman–Crippen MR) is 168 cm³/mol. The number of carboxylic acid groups (broad SMARTS) is 1. The van der Waals surface area contributed by atoms with E-state index in [1.807, 2.05) is 48.5 Å². The molecule has 0 fully saturated rings. The zero-order valence-corrected chi connectivity index (χ0v) is 24.7. The first-order valence-corrected chi connectivity index (χ1v) is 14.5. The highest BCUT2D eigenvalue weighted by Crippen LogP contribution is 2.21. The Labute approximate surface area is 262 Å². The van der Waals surface area contributed by atoms with Gasteiger partial charge < -0.3 is 48.2 Å². The van der Waals surface area contributed by atoms with E-state index >= 15 is 0 Å². The third kappa shape index (κ3) is 8.47. The van der Waals surface area contributed by atoms with Crippen LogP contribution >= 0.6 is 0 Å². The smallest absolute Gasteiger partial charge is 0.326 e. The Balaban J connectivity index is 1.55. The van der Waals surface area contributed by atoms with Gasteiger partial charge in [-0.3, -0.25) is 24.0 Å². The van der Waals surface area contributed by atoms with E-state index in [0.29, 0.717) is 5.56 Å². The highest BCUT2D eigenvalue weighted by atomic mass is 16.4. The van der Waals surface area contributed by atoms with E-state index < -0.39 is 66.1 Å². The van der Waals surface area contributed by atoms with Crippen LogP contribution in [-0.2, 0) is 41.6 Å². The number of benzene rings is 2. The molecule has 15 heteroatoms. The van der Waals surface area contributed by atoms with Crippen molar-refractivity contribution in [2.45, 2.75) is 56.3 Å². The van der Waals surface area contributed by atoms with Crippen LogP contribution < -0.4 is 33.2 Å². The van der Waals surface area contributed by atoms with E-state index in [1.165, 1.54) is 0 Å². The highest BCUT2D eigenvalue weighted by Gasteiger charge is 2.32. The Hall–Kier alpha value is -5.70. The molecule has 0 saturated heterocycles. The summed E-state index contributed by atoms with van der Waals surface area (Å²) in [7, 11) is 0. The maximum atomic E-state index is 13.7. The van der Waals surface area contributed by atoms with Crippen molar-refractivity contribution in [3.63, 3.8) is 0 Å². The summed E-state index contributed by atoms with van der Waals surface area (Å²) < 4.78 is 0. The molecule has 4 unspecified atom stereocenters. The molecule has 2 heterocycles. The van der Waals surface area contributed by atoms with Gasteiger partial charge in [-0.25, -0.2) is 4.79 Å². The van der Waals surface area contributed by atoms with Crippen LogP contribution in [0, 0.1) is 0 Å². The third-order valence-corrected chi connectivity index (χ3v) is 7.52. The molecule has 4 aromatic rings. The van der Waals surface area contributed by atoms with Crippen molar-refractivity contribution in [3.05, 3.63) is 72.1 Å². The number of aliphatic carboxylic acids is 1. The number of fused-ring (bicyclic) bond motifs is 2. The summed E-state index contributed by atoms with van der Waals surface area (Å²) in [6.07, 6.45) is 2.26. The molecule has 2 aromatic heterocycles. The van der Waals surface area contributed by atoms with Crippen LogP contribution in [0.1, 0.15) is 30.4 Å². The number of carboxylic acids is 1. The molecule has 5 amide bonds. The second kappa shape index (κ2) is 14.9. The first-order chi connectivity index (χ1) is 21.9. The van der Waals surface area contributed by atoms with Crippen LogP contribution in [0.25, 0.3) is 21.8 Å². The van der Waals surface area contributed by atoms with E-state index in [2.05, 4.69) is 25.9 Å². The number of aromatic nitrogens is 2. The Morgan fingerprint density at radius 1 is 0.674 bits per heavy atom. The van der Waals surface area contributed by atoms with Crippen molar-refractivity contribution in [1.82, 2.24) is 25.9 Å². The largest absolute Gasteiger partial charge is 0.480 e. The fraction of sp³-hybridized carbons (Fsp3) is 0.290. The van der Waals surface area contributed by atoms with E-state index in [1.54, 1.807) is 12.4 Å². The van der Waals surface area contributed by atoms with Gasteiger partial charge in [-0.2, -0.15) is 0 Å². The number of nitrogens with two attached hydrogens (primary N) is 3. The van der Waals surface area contributed by atoms with E-state index in [9.17, 15) is 33.9 Å². The quantitative estimate of drug-likeness (QED) is 0.0771. The van der Waals surface area contributed by atoms with E-state index in [0.717, 1.165) is 27.4 Å². The summed E-state index contributed by atoms with van der Waals surface area (Å²) in [6, 6.07) is 9.40. The minimum Gasteiger partial charge on any atom is -0.480 e. The fourth-order valence-corrected chi connectivity index (χ4v) is 5.14. The second-order valence-electron chi connectivity index (χ2n) is 10.9. The van der Waals surface area contributed by atoms with Crippen LogP contribution in [0.4, 0.5) is 0 Å². The molecule has 0 radical (unpaired) electrons. The number of hydrogen-bond acceptors (Lipinski definition) is 7. The molecule has 0 aliphatic heterocycles. The van der Waals surface area contributed by atoms with Gasteiger partial charge in [-0.15, -0.1) is 0 Å². The zero-order valence-electron chi connectivity index (χ0n) is 24.7. The first-order valence-electron chi connectivity index (χ1n) is 14.5. The normalized spacial score (nSPS) is 13.8. The number of amides is 5. The van der Waals surface area contributed by atoms with Gasteiger partial charge in [0.2, 0.25) is 29.5 Å². The predicted octanol–water partition coefficient (Wildman–Crippen LogP) is -0.558. The van der Waals surface area contributed by atoms with Gasteiger partial charge in [-0.05, 0) is 36.1 Å². The van der Waals surface area contributed by atoms with Crippen LogP contribution in [0.5, 0.6) is 0 Å². The van der Waals surface area contributed by atoms with Gasteiger partial charge in [0.15, 0.2) is 0 Å². The van der Waals surface area contributed by atoms with Crippen molar-refractivity contribution < 1.29 is 33.9 Å². The molecule has 46 heavy (non-hydrogen) atoms. The Morgan fingerprint density at radius 3 is 1.72 bits per heavy atom. The summed E-state index contributed by atoms with van der Waals surface area (Å²) in [5.74, 6) is -5.70. The molecule has 12 N–H and O–H groups in total. The summed E-state index contributed by atoms with van der Waals surface area (Å²) >= 11 is 0. The SMILES string of the molecule is NC(=O)CCC(NC(=O)C(CC(N)=O)NC(=O)C(Cc1c[nH]c2ccccc12)NC(=O)C(N)Cc1c[nH]c2ccccc12)C(=O)O. The van der Waals surface area contributed by atoms with Crippen LogP contribution in [0.2, 0.25) is 0 Å². The average Bonchev–Trinajstić information content (AvgIpc) is 3.61. The van der Waals surface area contributed by atoms with Crippen molar-refractivity contribution >= 4 is 57.3 Å². The number of carbonyl (C=O) groups is 6. The van der Waals surface area contributed by atoms with Crippen LogP contribution in [0.3, 0.4) is 0 Å². The van der Waals surface area contributed by atoms with Gasteiger partial charge in [0.05, 0.1) is 12.5 Å². The molecule has 2 aromatic carbocycles. The summed E-state index contributed by atoms with van der Waals surface area (Å²) in [5, 5.41) is 18.5. The molecular formula is C31H36N8O7. The third-order valence-electron chi connectivity index (χ3n) is 7.52. The minimum atomic E-state index is -1.59. The lowest BCUT2D eigenvalue weighted by Gasteiger charge is -2.25. The molecule has 242 valence electrons. The van der Waals surface area contributed by atoms with Gasteiger partial charge in [0, 0.05) is 47.0 Å². The van der Waals surface area contributed by atoms with Crippen LogP contribution in [-0.4, -0.2) is 74.7 Å². The van der Waals surface area contributed by atoms with Crippen molar-refractivity contribution in [1.29, 1.82) is 0 Å². The van der Waals surface area contributed by atoms with Gasteiger partial charge in [-0.1, -0.05) is 36.4 Å². The number of hydrogen-bond donors (Lipinski definition) is 9. The minimum absolute atomic E-state index is 0.0251. The average molecular weight is 633 g/mol. The molecule has 0 aliphatic carbocycles. The first kappa shape index (κ1) is 33.2. The molecule has 0 saturated carbocycles. The van der Waals surface area contributed by atoms with Crippen LogP contribution in [0.15, 0.2) is 60.9 Å². The maximum Gasteiger partial charge on any atom is 0.326 e. The molecule has 0 spiro atoms. The maximum absolute atomic E-state index is 13.7. The number of nitrogens with one attached hydrogen (secondary N) is 5. The van der Waals surface area contributed by atoms with Gasteiger partial charge >= 0.3 is 5.97 Å². The monoisotopic (exact) mass is 632 g/mol. The number of carbonyl (C=O) groups excluding carboxylic acids is 5. The molecule has 15 nitrogen and oxygen atoms in total. The number of rotatable bonds is 16. The van der Waals surface area contributed by atoms with E-state index in [4.69, 9.17) is 17.2 Å². The highest BCUT2D eigenvalue weighted by molar-refractivity contribution is 5.97. The molecule has 4 atom stereocenters. The summed E-state index contributed by atoms with van der Waals surface area (Å²) in [6.45, 7) is 0. The lowest BCUT2D eigenvalue weighted by molar-refractivity contribution is -0.142. The molecule has 4 rings (SSSR count). The van der Waals surface area contributed by atoms with Gasteiger partial charge in [0.1, 0.15) is 18.1 Å². The lowest BCUT2D eigenvalue weighted by Crippen LogP contribution is -2.58. The Kier molecular flexibility index (Phi) is 10.7. The lowest BCUT2D eigenvalue weighted by atomic mass is 10.0. The second-order valence-corrected chi connectivity index (χ2v) is 10.9. The number of primary amides is 2. The number of para-hydroxylation sites is 2. The van der Waals surface area contributed by atoms with Crippen molar-refractivity contribution in [3.8, 4) is 0 Å². The van der Waals surface area contributed by atoms with E-state index in [-0.39, 0.29) is 25.7 Å². The topological polar surface area (TPSA) is 268 Å². The number of H-pyrrole nitrogens is 2. The van der Waals surface area contributed by atoms with Crippen molar-refractivity contribution in [2.24, 2.45) is 17.2 Å². The standard InChI is InChI=1S/C31H36N8O7/c32-20(11-16-14-35-21-7-3-1-5-18(16)21)28(42)38-24(12-17-15-36-22-8-4-2-6-19(17)22)29(43)39-25(13-27(34)41)30(44)37-23(31(45)46)9-10-26(33)40/h1-8,14-15,20,23-25,35-36H,9-13,32H2,(H2,33,40)(H2,34,41)(H,37,44)(H,38,42)(H,39,43)(H,45,46). The molecule has 0 bridgehead atoms. The molecule has 0 aliphatic rings. The summed E-state index contributed by atoms with van der Waals surface area (Å²) in [4.78, 5) is 81.0. The summed E-state index contributed by atoms with van der Waals surface area (Å²) in [5.41, 5.74) is 19.9. The zero-order chi connectivity index (χ0) is 33.4. The Bertz CT molecular complexity index is 1760. The van der Waals surface area contributed by atoms with Gasteiger partial charge in [0.25, 0.3) is 0 Å². The van der Waals surface area contributed by atoms with Crippen molar-refractivity contribution in [2.75, 3.05) is 0 Å².